The number of carbonyl (C=O) groups excluding carboxylic acids is 2. The molecule has 3 rings (SSSR count). The van der Waals surface area contributed by atoms with Gasteiger partial charge < -0.3 is 11.1 Å². The number of rotatable bonds is 3. The molecular formula is C16H15FN4O2S. The smallest absolute Gasteiger partial charge is 0.321 e. The molecule has 1 aliphatic carbocycles. The Morgan fingerprint density at radius 3 is 2.54 bits per heavy atom. The van der Waals surface area contributed by atoms with Crippen molar-refractivity contribution in [1.82, 2.24) is 10.6 Å². The van der Waals surface area contributed by atoms with Crippen molar-refractivity contribution in [3.05, 3.63) is 46.2 Å². The van der Waals surface area contributed by atoms with Crippen LogP contribution in [0.1, 0.15) is 24.3 Å². The van der Waals surface area contributed by atoms with Crippen molar-refractivity contribution in [1.29, 1.82) is 5.26 Å². The Hall–Kier alpha value is -2.53. The van der Waals surface area contributed by atoms with Crippen LogP contribution in [0.25, 0.3) is 0 Å². The third-order valence-corrected chi connectivity index (χ3v) is 5.10. The minimum Gasteiger partial charge on any atom is -0.393 e. The van der Waals surface area contributed by atoms with Gasteiger partial charge in [0, 0.05) is 12.0 Å². The molecule has 1 aromatic carbocycles. The Morgan fingerprint density at radius 1 is 1.29 bits per heavy atom. The summed E-state index contributed by atoms with van der Waals surface area (Å²) in [6.07, 6.45) is 1.82. The standard InChI is InChI=1S/C16H15FN4O2S/c17-9-3-1-8(2-4-9)12-11(7-18)14(19)24-13(12)15(22)21-16(23)20-10-5-6-10/h1-4,10,12-13H,5-6,19H2,(H2,20,21,22,23). The maximum atomic E-state index is 13.1. The molecule has 0 aromatic heterocycles. The molecule has 2 unspecified atom stereocenters. The summed E-state index contributed by atoms with van der Waals surface area (Å²) >= 11 is 1.04. The molecule has 1 aromatic rings. The first kappa shape index (κ1) is 16.3. The molecule has 0 bridgehead atoms. The fourth-order valence-corrected chi connectivity index (χ4v) is 3.71. The predicted octanol–water partition coefficient (Wildman–Crippen LogP) is 1.71. The second-order valence-corrected chi connectivity index (χ2v) is 6.88. The van der Waals surface area contributed by atoms with Crippen LogP contribution in [0.15, 0.2) is 34.9 Å². The molecule has 124 valence electrons. The normalized spacial score (nSPS) is 22.8. The lowest BCUT2D eigenvalue weighted by atomic mass is 9.89. The van der Waals surface area contributed by atoms with Crippen molar-refractivity contribution < 1.29 is 14.0 Å². The summed E-state index contributed by atoms with van der Waals surface area (Å²) in [7, 11) is 0. The van der Waals surface area contributed by atoms with E-state index in [-0.39, 0.29) is 16.6 Å². The van der Waals surface area contributed by atoms with Crippen molar-refractivity contribution >= 4 is 23.7 Å². The number of halogens is 1. The van der Waals surface area contributed by atoms with Gasteiger partial charge in [0.15, 0.2) is 0 Å². The van der Waals surface area contributed by atoms with Crippen LogP contribution >= 0.6 is 11.8 Å². The van der Waals surface area contributed by atoms with Crippen LogP contribution in [0, 0.1) is 17.1 Å². The van der Waals surface area contributed by atoms with Crippen LogP contribution in [-0.2, 0) is 4.79 Å². The fraction of sp³-hybridized carbons (Fsp3) is 0.312. The lowest BCUT2D eigenvalue weighted by molar-refractivity contribution is -0.119. The Kier molecular flexibility index (Phi) is 4.44. The predicted molar refractivity (Wildman–Crippen MR) is 87.0 cm³/mol. The molecule has 1 fully saturated rings. The Labute approximate surface area is 142 Å². The van der Waals surface area contributed by atoms with Crippen molar-refractivity contribution in [3.63, 3.8) is 0 Å². The quantitative estimate of drug-likeness (QED) is 0.772. The highest BCUT2D eigenvalue weighted by molar-refractivity contribution is 8.04. The molecule has 0 radical (unpaired) electrons. The Bertz CT molecular complexity index is 752. The number of nitriles is 1. The van der Waals surface area contributed by atoms with Gasteiger partial charge in [0.2, 0.25) is 5.91 Å². The van der Waals surface area contributed by atoms with E-state index in [2.05, 4.69) is 10.6 Å². The van der Waals surface area contributed by atoms with Gasteiger partial charge in [-0.3, -0.25) is 10.1 Å². The number of urea groups is 1. The van der Waals surface area contributed by atoms with Crippen molar-refractivity contribution in [2.45, 2.75) is 30.1 Å². The molecular weight excluding hydrogens is 331 g/mol. The van der Waals surface area contributed by atoms with Crippen LogP contribution in [0.2, 0.25) is 0 Å². The number of nitrogens with two attached hydrogens (primary N) is 1. The third-order valence-electron chi connectivity index (χ3n) is 3.89. The third kappa shape index (κ3) is 3.36. The largest absolute Gasteiger partial charge is 0.393 e. The maximum Gasteiger partial charge on any atom is 0.321 e. The average molecular weight is 346 g/mol. The molecule has 0 spiro atoms. The highest BCUT2D eigenvalue weighted by atomic mass is 32.2. The molecule has 2 aliphatic rings. The Morgan fingerprint density at radius 2 is 1.96 bits per heavy atom. The van der Waals surface area contributed by atoms with E-state index in [9.17, 15) is 19.2 Å². The number of nitrogens with zero attached hydrogens (tertiary/aromatic N) is 1. The van der Waals surface area contributed by atoms with Crippen LogP contribution in [0.4, 0.5) is 9.18 Å². The molecule has 24 heavy (non-hydrogen) atoms. The zero-order chi connectivity index (χ0) is 17.3. The molecule has 0 saturated heterocycles. The number of carbonyl (C=O) groups is 2. The van der Waals surface area contributed by atoms with Gasteiger partial charge in [-0.15, -0.1) is 0 Å². The first-order valence-corrected chi connectivity index (χ1v) is 8.30. The fourth-order valence-electron chi connectivity index (χ4n) is 2.55. The molecule has 1 aliphatic heterocycles. The minimum absolute atomic E-state index is 0.125. The summed E-state index contributed by atoms with van der Waals surface area (Å²) in [4.78, 5) is 24.2. The van der Waals surface area contributed by atoms with E-state index in [1.807, 2.05) is 6.07 Å². The summed E-state index contributed by atoms with van der Waals surface area (Å²) in [6.45, 7) is 0. The molecule has 1 heterocycles. The van der Waals surface area contributed by atoms with Gasteiger partial charge in [-0.1, -0.05) is 23.9 Å². The Balaban J connectivity index is 1.80. The number of benzene rings is 1. The average Bonchev–Trinajstić information content (AvgIpc) is 3.28. The van der Waals surface area contributed by atoms with Gasteiger partial charge in [-0.25, -0.2) is 9.18 Å². The molecule has 2 atom stereocenters. The summed E-state index contributed by atoms with van der Waals surface area (Å²) < 4.78 is 13.1. The lowest BCUT2D eigenvalue weighted by Gasteiger charge is -2.19. The number of thioether (sulfide) groups is 1. The zero-order valence-corrected chi connectivity index (χ0v) is 13.4. The van der Waals surface area contributed by atoms with Crippen LogP contribution in [0.5, 0.6) is 0 Å². The summed E-state index contributed by atoms with van der Waals surface area (Å²) in [5.41, 5.74) is 6.72. The van der Waals surface area contributed by atoms with Gasteiger partial charge >= 0.3 is 6.03 Å². The number of nitrogens with one attached hydrogen (secondary N) is 2. The van der Waals surface area contributed by atoms with E-state index in [1.165, 1.54) is 24.3 Å². The van der Waals surface area contributed by atoms with Gasteiger partial charge in [0.25, 0.3) is 0 Å². The van der Waals surface area contributed by atoms with Gasteiger partial charge in [-0.2, -0.15) is 5.26 Å². The SMILES string of the molecule is N#CC1=C(N)SC(C(=O)NC(=O)NC2CC2)C1c1ccc(F)cc1. The number of amides is 3. The number of imide groups is 1. The van der Waals surface area contributed by atoms with Gasteiger partial charge in [-0.05, 0) is 30.5 Å². The van der Waals surface area contributed by atoms with Gasteiger partial charge in [0.05, 0.1) is 16.7 Å². The highest BCUT2D eigenvalue weighted by Gasteiger charge is 2.41. The van der Waals surface area contributed by atoms with Gasteiger partial charge in [0.1, 0.15) is 11.1 Å². The minimum atomic E-state index is -0.755. The van der Waals surface area contributed by atoms with Crippen LogP contribution < -0.4 is 16.4 Å². The van der Waals surface area contributed by atoms with E-state index in [0.717, 1.165) is 24.6 Å². The van der Waals surface area contributed by atoms with Crippen molar-refractivity contribution in [3.8, 4) is 6.07 Å². The van der Waals surface area contributed by atoms with E-state index >= 15 is 0 Å². The number of hydrogen-bond donors (Lipinski definition) is 3. The highest BCUT2D eigenvalue weighted by Crippen LogP contribution is 2.45. The molecule has 1 saturated carbocycles. The first-order valence-electron chi connectivity index (χ1n) is 7.43. The topological polar surface area (TPSA) is 108 Å². The van der Waals surface area contributed by atoms with E-state index in [0.29, 0.717) is 5.56 Å². The summed E-state index contributed by atoms with van der Waals surface area (Å²) in [5.74, 6) is -1.56. The van der Waals surface area contributed by atoms with E-state index < -0.39 is 28.9 Å². The maximum absolute atomic E-state index is 13.1. The van der Waals surface area contributed by atoms with E-state index in [4.69, 9.17) is 5.73 Å². The molecule has 6 nitrogen and oxygen atoms in total. The molecule has 3 amide bonds. The second-order valence-electron chi connectivity index (χ2n) is 5.69. The van der Waals surface area contributed by atoms with Crippen molar-refractivity contribution in [2.75, 3.05) is 0 Å². The van der Waals surface area contributed by atoms with Crippen molar-refractivity contribution in [2.24, 2.45) is 5.73 Å². The van der Waals surface area contributed by atoms with Crippen LogP contribution in [0.3, 0.4) is 0 Å². The molecule has 4 N–H and O–H groups in total. The first-order chi connectivity index (χ1) is 11.5. The molecule has 8 heteroatoms. The second kappa shape index (κ2) is 6.53. The summed E-state index contributed by atoms with van der Waals surface area (Å²) in [6, 6.07) is 7.14. The van der Waals surface area contributed by atoms with Crippen LogP contribution in [-0.4, -0.2) is 23.2 Å². The number of hydrogen-bond acceptors (Lipinski definition) is 5. The zero-order valence-electron chi connectivity index (χ0n) is 12.6. The number of allylic oxidation sites excluding steroid dienone is 1. The van der Waals surface area contributed by atoms with E-state index in [1.54, 1.807) is 0 Å². The lowest BCUT2D eigenvalue weighted by Crippen LogP contribution is -2.45. The monoisotopic (exact) mass is 346 g/mol. The summed E-state index contributed by atoms with van der Waals surface area (Å²) in [5, 5.41) is 13.8.